The highest BCUT2D eigenvalue weighted by atomic mass is 16.3. The van der Waals surface area contributed by atoms with E-state index in [4.69, 9.17) is 4.42 Å². The molecule has 1 heterocycles. The van der Waals surface area contributed by atoms with Gasteiger partial charge in [-0.05, 0) is 109 Å². The molecule has 0 amide bonds. The Morgan fingerprint density at radius 1 is 0.266 bits per heavy atom. The zero-order valence-corrected chi connectivity index (χ0v) is 35.0. The van der Waals surface area contributed by atoms with Gasteiger partial charge in [0, 0.05) is 33.9 Å². The van der Waals surface area contributed by atoms with E-state index in [1.165, 1.54) is 66.8 Å². The summed E-state index contributed by atoms with van der Waals surface area (Å²) in [6.45, 7) is 0. The number of nitrogens with zero attached hydrogens (tertiary/aromatic N) is 1. The van der Waals surface area contributed by atoms with Crippen LogP contribution in [0.25, 0.3) is 44.2 Å². The molecule has 0 saturated heterocycles. The van der Waals surface area contributed by atoms with Crippen LogP contribution in [0.2, 0.25) is 0 Å². The van der Waals surface area contributed by atoms with Gasteiger partial charge in [0.25, 0.3) is 0 Å². The van der Waals surface area contributed by atoms with Gasteiger partial charge < -0.3 is 9.32 Å². The molecule has 0 radical (unpaired) electrons. The topological polar surface area (TPSA) is 16.4 Å². The Morgan fingerprint density at radius 2 is 0.625 bits per heavy atom. The second-order valence-corrected chi connectivity index (χ2v) is 17.1. The highest BCUT2D eigenvalue weighted by Gasteiger charge is 2.48. The number of benzene rings is 10. The van der Waals surface area contributed by atoms with Gasteiger partial charge in [-0.3, -0.25) is 0 Å². The monoisotopic (exact) mass is 815 g/mol. The standard InChI is InChI=1S/C62H41NO/c1-5-19-42(20-6-1)61(43-21-7-2-8-22-43)55-30-16-13-27-49(55)51-36-33-46(39-57(51)61)63(48-35-38-54-53-29-15-18-32-59(53)64-60(54)41-48)47-34-37-52-50-28-14-17-31-56(50)62(58(52)40-47,44-23-9-3-10-24-44)45-25-11-4-12-26-45/h1-41H. The van der Waals surface area contributed by atoms with E-state index in [9.17, 15) is 0 Å². The van der Waals surface area contributed by atoms with Crippen molar-refractivity contribution in [2.24, 2.45) is 0 Å². The molecular formula is C62H41NO. The molecule has 0 atom stereocenters. The lowest BCUT2D eigenvalue weighted by atomic mass is 9.67. The van der Waals surface area contributed by atoms with Crippen LogP contribution in [0, 0.1) is 0 Å². The maximum atomic E-state index is 6.62. The first-order valence-electron chi connectivity index (χ1n) is 22.2. The van der Waals surface area contributed by atoms with Crippen molar-refractivity contribution in [3.63, 3.8) is 0 Å². The van der Waals surface area contributed by atoms with Crippen molar-refractivity contribution in [3.8, 4) is 22.3 Å². The molecule has 0 N–H and O–H groups in total. The Hall–Kier alpha value is -8.20. The van der Waals surface area contributed by atoms with Crippen molar-refractivity contribution < 1.29 is 4.42 Å². The Labute approximate surface area is 373 Å². The van der Waals surface area contributed by atoms with Gasteiger partial charge in [0.15, 0.2) is 0 Å². The van der Waals surface area contributed by atoms with Crippen LogP contribution in [0.3, 0.4) is 0 Å². The summed E-state index contributed by atoms with van der Waals surface area (Å²) >= 11 is 0. The maximum absolute atomic E-state index is 6.62. The molecule has 0 spiro atoms. The van der Waals surface area contributed by atoms with Crippen molar-refractivity contribution in [2.45, 2.75) is 10.8 Å². The third-order valence-electron chi connectivity index (χ3n) is 14.0. The summed E-state index contributed by atoms with van der Waals surface area (Å²) in [5.41, 5.74) is 18.9. The van der Waals surface area contributed by atoms with E-state index in [0.717, 1.165) is 39.0 Å². The van der Waals surface area contributed by atoms with Crippen molar-refractivity contribution in [3.05, 3.63) is 293 Å². The lowest BCUT2D eigenvalue weighted by Gasteiger charge is -2.36. The van der Waals surface area contributed by atoms with Crippen molar-refractivity contribution >= 4 is 39.0 Å². The lowest BCUT2D eigenvalue weighted by molar-refractivity contribution is 0.669. The van der Waals surface area contributed by atoms with Crippen molar-refractivity contribution in [2.75, 3.05) is 4.90 Å². The summed E-state index contributed by atoms with van der Waals surface area (Å²) in [4.78, 5) is 2.45. The fraction of sp³-hybridized carbons (Fsp3) is 0.0323. The highest BCUT2D eigenvalue weighted by Crippen LogP contribution is 2.59. The predicted molar refractivity (Wildman–Crippen MR) is 263 cm³/mol. The van der Waals surface area contributed by atoms with Gasteiger partial charge in [-0.15, -0.1) is 0 Å². The van der Waals surface area contributed by atoms with Gasteiger partial charge >= 0.3 is 0 Å². The molecule has 2 aliphatic carbocycles. The number of para-hydroxylation sites is 1. The molecule has 1 aromatic heterocycles. The highest BCUT2D eigenvalue weighted by molar-refractivity contribution is 6.06. The number of hydrogen-bond donors (Lipinski definition) is 0. The van der Waals surface area contributed by atoms with Crippen LogP contribution in [0.5, 0.6) is 0 Å². The number of hydrogen-bond acceptors (Lipinski definition) is 2. The minimum atomic E-state index is -0.547. The van der Waals surface area contributed by atoms with Gasteiger partial charge in [-0.25, -0.2) is 0 Å². The third kappa shape index (κ3) is 5.08. The zero-order valence-electron chi connectivity index (χ0n) is 35.0. The molecule has 64 heavy (non-hydrogen) atoms. The molecule has 13 rings (SSSR count). The van der Waals surface area contributed by atoms with Gasteiger partial charge in [-0.1, -0.05) is 200 Å². The van der Waals surface area contributed by atoms with E-state index in [2.05, 4.69) is 248 Å². The van der Waals surface area contributed by atoms with Crippen LogP contribution in [-0.4, -0.2) is 0 Å². The van der Waals surface area contributed by atoms with E-state index >= 15 is 0 Å². The fourth-order valence-electron chi connectivity index (χ4n) is 11.4. The molecule has 0 aliphatic heterocycles. The van der Waals surface area contributed by atoms with Crippen LogP contribution in [-0.2, 0) is 10.8 Å². The Balaban J connectivity index is 1.10. The Morgan fingerprint density at radius 3 is 1.11 bits per heavy atom. The minimum absolute atomic E-state index is 0.547. The summed E-state index contributed by atoms with van der Waals surface area (Å²) in [5.74, 6) is 0. The number of anilines is 3. The number of rotatable bonds is 7. The fourth-order valence-corrected chi connectivity index (χ4v) is 11.4. The lowest BCUT2D eigenvalue weighted by Crippen LogP contribution is -2.29. The van der Waals surface area contributed by atoms with Crippen LogP contribution < -0.4 is 4.90 Å². The molecule has 2 nitrogen and oxygen atoms in total. The average molecular weight is 816 g/mol. The normalized spacial score (nSPS) is 13.9. The number of fused-ring (bicyclic) bond motifs is 9. The van der Waals surface area contributed by atoms with Gasteiger partial charge in [0.1, 0.15) is 11.2 Å². The summed E-state index contributed by atoms with van der Waals surface area (Å²) in [7, 11) is 0. The molecule has 10 aromatic carbocycles. The van der Waals surface area contributed by atoms with Gasteiger partial charge in [0.2, 0.25) is 0 Å². The first-order chi connectivity index (χ1) is 31.7. The van der Waals surface area contributed by atoms with E-state index in [0.29, 0.717) is 0 Å². The van der Waals surface area contributed by atoms with E-state index in [-0.39, 0.29) is 0 Å². The number of furan rings is 1. The summed E-state index contributed by atoms with van der Waals surface area (Å²) < 4.78 is 6.62. The third-order valence-corrected chi connectivity index (χ3v) is 14.0. The Kier molecular flexibility index (Phi) is 8.07. The first kappa shape index (κ1) is 36.5. The van der Waals surface area contributed by atoms with Crippen LogP contribution in [0.4, 0.5) is 17.1 Å². The zero-order chi connectivity index (χ0) is 42.2. The van der Waals surface area contributed by atoms with Crippen LogP contribution in [0.15, 0.2) is 253 Å². The molecule has 2 aliphatic rings. The predicted octanol–water partition coefficient (Wildman–Crippen LogP) is 15.8. The smallest absolute Gasteiger partial charge is 0.137 e. The molecule has 300 valence electrons. The molecule has 0 fully saturated rings. The minimum Gasteiger partial charge on any atom is -0.456 e. The molecule has 0 unspecified atom stereocenters. The van der Waals surface area contributed by atoms with E-state index in [1.807, 2.05) is 6.07 Å². The summed E-state index contributed by atoms with van der Waals surface area (Å²) in [6.07, 6.45) is 0. The maximum Gasteiger partial charge on any atom is 0.137 e. The molecule has 0 saturated carbocycles. The van der Waals surface area contributed by atoms with E-state index in [1.54, 1.807) is 0 Å². The Bertz CT molecular complexity index is 3290. The average Bonchev–Trinajstić information content (AvgIpc) is 3.99. The molecule has 0 bridgehead atoms. The van der Waals surface area contributed by atoms with Crippen molar-refractivity contribution in [1.29, 1.82) is 0 Å². The summed E-state index contributed by atoms with van der Waals surface area (Å²) in [6, 6.07) is 91.5. The quantitative estimate of drug-likeness (QED) is 0.159. The van der Waals surface area contributed by atoms with E-state index < -0.39 is 10.8 Å². The molecule has 11 aromatic rings. The SMILES string of the molecule is c1ccc(C2(c3ccccc3)c3ccccc3-c3ccc(N(c4ccc5c(c4)C(c4ccccc4)(c4ccccc4)c4ccccc4-5)c4ccc5c(c4)oc4ccccc45)cc32)cc1. The molecule has 2 heteroatoms. The van der Waals surface area contributed by atoms with Gasteiger partial charge in [-0.2, -0.15) is 0 Å². The second kappa shape index (κ2) is 14.2. The second-order valence-electron chi connectivity index (χ2n) is 17.1. The van der Waals surface area contributed by atoms with Gasteiger partial charge in [0.05, 0.1) is 10.8 Å². The largest absolute Gasteiger partial charge is 0.456 e. The van der Waals surface area contributed by atoms with Crippen LogP contribution in [0.1, 0.15) is 44.5 Å². The molecular weight excluding hydrogens is 775 g/mol. The summed E-state index contributed by atoms with van der Waals surface area (Å²) in [5, 5.41) is 2.22. The first-order valence-corrected chi connectivity index (χ1v) is 22.2. The van der Waals surface area contributed by atoms with Crippen molar-refractivity contribution in [1.82, 2.24) is 0 Å². The van der Waals surface area contributed by atoms with Crippen LogP contribution >= 0.6 is 0 Å².